The quantitative estimate of drug-likeness (QED) is 0.171. The van der Waals surface area contributed by atoms with Crippen LogP contribution in [0.3, 0.4) is 0 Å². The van der Waals surface area contributed by atoms with Crippen LogP contribution in [0.5, 0.6) is 0 Å². The van der Waals surface area contributed by atoms with Crippen LogP contribution in [0.2, 0.25) is 0 Å². The van der Waals surface area contributed by atoms with E-state index in [1.54, 1.807) is 14.1 Å². The lowest BCUT2D eigenvalue weighted by Crippen LogP contribution is -2.59. The maximum Gasteiger partial charge on any atom is 0.335 e. The molecule has 5 atom stereocenters. The highest BCUT2D eigenvalue weighted by molar-refractivity contribution is 5.91. The SMILES string of the molecule is CN(C)C(=N)N=C(N)N.O=C(O)[C@H]1O[C@@H](O)[C@H](O)[C@@H](O)[C@@H]1O. The largest absolute Gasteiger partial charge is 0.479 e. The molecule has 0 aromatic rings. The Labute approximate surface area is 125 Å². The summed E-state index contributed by atoms with van der Waals surface area (Å²) in [7, 11) is 3.38. The maximum absolute atomic E-state index is 10.4. The predicted molar refractivity (Wildman–Crippen MR) is 73.8 cm³/mol. The summed E-state index contributed by atoms with van der Waals surface area (Å²) in [6, 6.07) is 0. The third kappa shape index (κ3) is 5.79. The summed E-state index contributed by atoms with van der Waals surface area (Å²) in [5.74, 6) is -1.55. The molecule has 1 rings (SSSR count). The van der Waals surface area contributed by atoms with Crippen LogP contribution in [0.15, 0.2) is 4.99 Å². The maximum atomic E-state index is 10.4. The van der Waals surface area contributed by atoms with Gasteiger partial charge in [-0.25, -0.2) is 4.79 Å². The van der Waals surface area contributed by atoms with Crippen LogP contribution in [0, 0.1) is 5.41 Å². The van der Waals surface area contributed by atoms with Crippen molar-refractivity contribution in [1.29, 1.82) is 5.41 Å². The molecule has 1 saturated heterocycles. The lowest BCUT2D eigenvalue weighted by Gasteiger charge is -2.36. The number of nitrogens with one attached hydrogen (secondary N) is 1. The molecule has 0 unspecified atom stereocenters. The number of hydrogen-bond acceptors (Lipinski definition) is 7. The molecule has 1 aliphatic heterocycles. The number of aliphatic imine (C=N–C) groups is 1. The molecule has 0 amide bonds. The van der Waals surface area contributed by atoms with Crippen LogP contribution >= 0.6 is 0 Å². The van der Waals surface area contributed by atoms with Crippen molar-refractivity contribution in [2.75, 3.05) is 14.1 Å². The molecule has 128 valence electrons. The van der Waals surface area contributed by atoms with Crippen LogP contribution in [0.1, 0.15) is 0 Å². The highest BCUT2D eigenvalue weighted by Crippen LogP contribution is 2.19. The van der Waals surface area contributed by atoms with E-state index < -0.39 is 36.7 Å². The molecule has 0 saturated carbocycles. The summed E-state index contributed by atoms with van der Waals surface area (Å²) in [4.78, 5) is 15.3. The van der Waals surface area contributed by atoms with Gasteiger partial charge in [0, 0.05) is 14.1 Å². The Morgan fingerprint density at radius 3 is 1.95 bits per heavy atom. The van der Waals surface area contributed by atoms with Crippen LogP contribution < -0.4 is 11.5 Å². The summed E-state index contributed by atoms with van der Waals surface area (Å²) in [5, 5.41) is 51.4. The third-order valence-electron chi connectivity index (χ3n) is 2.49. The van der Waals surface area contributed by atoms with E-state index >= 15 is 0 Å². The molecule has 1 aliphatic rings. The third-order valence-corrected chi connectivity index (χ3v) is 2.49. The van der Waals surface area contributed by atoms with E-state index in [0.29, 0.717) is 0 Å². The van der Waals surface area contributed by atoms with Gasteiger partial charge in [0.05, 0.1) is 0 Å². The molecule has 0 spiro atoms. The van der Waals surface area contributed by atoms with E-state index in [-0.39, 0.29) is 11.9 Å². The minimum absolute atomic E-state index is 0.0509. The first-order valence-electron chi connectivity index (χ1n) is 5.95. The number of carboxylic acid groups (broad SMARTS) is 1. The summed E-state index contributed by atoms with van der Waals surface area (Å²) in [5.41, 5.74) is 9.98. The second kappa shape index (κ2) is 8.45. The number of rotatable bonds is 1. The van der Waals surface area contributed by atoms with Gasteiger partial charge in [-0.3, -0.25) is 5.41 Å². The van der Waals surface area contributed by atoms with Crippen molar-refractivity contribution in [3.8, 4) is 0 Å². The number of nitrogens with zero attached hydrogens (tertiary/aromatic N) is 2. The number of hydrogen-bond donors (Lipinski definition) is 8. The molecule has 1 fully saturated rings. The number of carbonyl (C=O) groups is 1. The number of aliphatic hydroxyl groups is 4. The molecule has 12 heteroatoms. The van der Waals surface area contributed by atoms with Crippen molar-refractivity contribution in [3.05, 3.63) is 0 Å². The van der Waals surface area contributed by atoms with Crippen LogP contribution in [0.4, 0.5) is 0 Å². The normalized spacial score (nSPS) is 30.5. The summed E-state index contributed by atoms with van der Waals surface area (Å²) in [6.45, 7) is 0. The van der Waals surface area contributed by atoms with Gasteiger partial charge in [-0.15, -0.1) is 0 Å². The van der Waals surface area contributed by atoms with Gasteiger partial charge in [-0.2, -0.15) is 4.99 Å². The predicted octanol–water partition coefficient (Wildman–Crippen LogP) is -4.37. The van der Waals surface area contributed by atoms with E-state index in [4.69, 9.17) is 42.4 Å². The topological polar surface area (TPSA) is 219 Å². The van der Waals surface area contributed by atoms with E-state index in [0.717, 1.165) is 0 Å². The molecule has 22 heavy (non-hydrogen) atoms. The molecule has 1 heterocycles. The Morgan fingerprint density at radius 1 is 1.14 bits per heavy atom. The van der Waals surface area contributed by atoms with Crippen LogP contribution in [-0.2, 0) is 9.53 Å². The van der Waals surface area contributed by atoms with Gasteiger partial charge in [-0.05, 0) is 0 Å². The minimum atomic E-state index is -1.81. The fourth-order valence-electron chi connectivity index (χ4n) is 1.29. The van der Waals surface area contributed by atoms with Gasteiger partial charge in [0.1, 0.15) is 18.3 Å². The Morgan fingerprint density at radius 2 is 1.64 bits per heavy atom. The number of aliphatic carboxylic acids is 1. The first kappa shape index (κ1) is 20.0. The zero-order valence-electron chi connectivity index (χ0n) is 12.0. The van der Waals surface area contributed by atoms with Crippen molar-refractivity contribution in [2.45, 2.75) is 30.7 Å². The van der Waals surface area contributed by atoms with E-state index in [2.05, 4.69) is 9.73 Å². The summed E-state index contributed by atoms with van der Waals surface area (Å²) >= 11 is 0. The van der Waals surface area contributed by atoms with Crippen LogP contribution in [0.25, 0.3) is 0 Å². The number of aliphatic hydroxyl groups excluding tert-OH is 4. The molecule has 12 nitrogen and oxygen atoms in total. The first-order valence-corrected chi connectivity index (χ1v) is 5.95. The monoisotopic (exact) mass is 323 g/mol. The van der Waals surface area contributed by atoms with E-state index in [1.807, 2.05) is 0 Å². The fraction of sp³-hybridized carbons (Fsp3) is 0.700. The zero-order chi connectivity index (χ0) is 17.6. The van der Waals surface area contributed by atoms with Crippen molar-refractivity contribution in [2.24, 2.45) is 16.5 Å². The van der Waals surface area contributed by atoms with Gasteiger partial charge in [-0.1, -0.05) is 0 Å². The summed E-state index contributed by atoms with van der Waals surface area (Å²) in [6.07, 6.45) is -8.72. The number of guanidine groups is 2. The Balaban J connectivity index is 0.000000433. The average Bonchev–Trinajstić information content (AvgIpc) is 2.40. The zero-order valence-corrected chi connectivity index (χ0v) is 12.0. The Bertz CT molecular complexity index is 426. The van der Waals surface area contributed by atoms with E-state index in [9.17, 15) is 4.79 Å². The van der Waals surface area contributed by atoms with Crippen molar-refractivity contribution in [1.82, 2.24) is 4.90 Å². The number of ether oxygens (including phenoxy) is 1. The van der Waals surface area contributed by atoms with Crippen LogP contribution in [-0.4, -0.2) is 93.1 Å². The number of nitrogens with two attached hydrogens (primary N) is 2. The molecule has 0 bridgehead atoms. The molecule has 10 N–H and O–H groups in total. The molecule has 0 aromatic carbocycles. The van der Waals surface area contributed by atoms with E-state index in [1.165, 1.54) is 4.90 Å². The molecular formula is C10H21N5O7. The second-order valence-electron chi connectivity index (χ2n) is 4.51. The Hall–Kier alpha value is -1.99. The van der Waals surface area contributed by atoms with Gasteiger partial charge in [0.15, 0.2) is 18.4 Å². The van der Waals surface area contributed by atoms with Crippen molar-refractivity contribution >= 4 is 17.9 Å². The number of carboxylic acids is 1. The molecular weight excluding hydrogens is 302 g/mol. The Kier molecular flexibility index (Phi) is 7.69. The van der Waals surface area contributed by atoms with Gasteiger partial charge in [0.25, 0.3) is 0 Å². The standard InChI is InChI=1S/C6H10O7.C4H11N5/c7-1-2(8)4(5(10)11)13-6(12)3(1)9;1-9(2)4(7)8-3(5)6/h1-4,6-9,12H,(H,10,11);1-2H3,(H5,5,6,7,8)/t1-,2-,3+,4-,6+;/m0./s1. The lowest BCUT2D eigenvalue weighted by atomic mass is 9.99. The highest BCUT2D eigenvalue weighted by atomic mass is 16.6. The average molecular weight is 323 g/mol. The second-order valence-corrected chi connectivity index (χ2v) is 4.51. The van der Waals surface area contributed by atoms with Gasteiger partial charge < -0.3 is 46.6 Å². The van der Waals surface area contributed by atoms with Gasteiger partial charge >= 0.3 is 5.97 Å². The first-order chi connectivity index (χ1) is 9.98. The molecule has 0 radical (unpaired) electrons. The molecule has 0 aromatic heterocycles. The fourth-order valence-corrected chi connectivity index (χ4v) is 1.29. The summed E-state index contributed by atoms with van der Waals surface area (Å²) < 4.78 is 4.34. The van der Waals surface area contributed by atoms with Gasteiger partial charge in [0.2, 0.25) is 5.96 Å². The lowest BCUT2D eigenvalue weighted by molar-refractivity contribution is -0.279. The molecule has 0 aliphatic carbocycles. The smallest absolute Gasteiger partial charge is 0.335 e. The van der Waals surface area contributed by atoms with Crippen molar-refractivity contribution < 1.29 is 35.1 Å². The minimum Gasteiger partial charge on any atom is -0.479 e. The van der Waals surface area contributed by atoms with Crippen molar-refractivity contribution in [3.63, 3.8) is 0 Å². The highest BCUT2D eigenvalue weighted by Gasteiger charge is 2.46.